The summed E-state index contributed by atoms with van der Waals surface area (Å²) in [6.07, 6.45) is 34.0. The summed E-state index contributed by atoms with van der Waals surface area (Å²) >= 11 is 0. The van der Waals surface area contributed by atoms with Crippen molar-refractivity contribution in [3.05, 3.63) is 24.3 Å². The van der Waals surface area contributed by atoms with Crippen LogP contribution in [0.25, 0.3) is 0 Å². The average Bonchev–Trinajstić information content (AvgIpc) is 3.25. The molecule has 1 aliphatic heterocycles. The third-order valence-corrected chi connectivity index (χ3v) is 12.6. The highest BCUT2D eigenvalue weighted by Crippen LogP contribution is 2.26. The third kappa shape index (κ3) is 32.0. The standard InChI is InChI=1S/C49H93NO12S/c1-3-5-7-9-11-13-15-17-19-21-22-24-25-27-29-31-33-35-37-42(52)41(40-60-49-46(55)47(62-63(57,58)59)45(54)44(39-51)61-49)50-48(56)43(53)38-36-34-32-30-28-26-23-20-18-16-14-12-10-8-6-4-2/h27,29,35,37,41-47,49,51-55H,3-26,28,30-34,36,38-40H2,1-2H3,(H,50,56)(H,57,58,59)/b29-27+,37-35+. The van der Waals surface area contributed by atoms with E-state index in [4.69, 9.17) is 9.47 Å². The zero-order chi connectivity index (χ0) is 46.4. The Morgan fingerprint density at radius 2 is 1.06 bits per heavy atom. The van der Waals surface area contributed by atoms with Crippen LogP contribution in [0, 0.1) is 0 Å². The highest BCUT2D eigenvalue weighted by Gasteiger charge is 2.48. The fourth-order valence-electron chi connectivity index (χ4n) is 8.07. The number of carbonyl (C=O) groups is 1. The number of carbonyl (C=O) groups excluding carboxylic acids is 1. The quantitative estimate of drug-likeness (QED) is 0.0173. The number of rotatable bonds is 43. The van der Waals surface area contributed by atoms with Gasteiger partial charge in [0.15, 0.2) is 6.29 Å². The Bertz CT molecular complexity index is 1240. The number of nitrogens with one attached hydrogen (secondary N) is 1. The van der Waals surface area contributed by atoms with Gasteiger partial charge in [0.1, 0.15) is 30.5 Å². The van der Waals surface area contributed by atoms with Crippen LogP contribution in [0.5, 0.6) is 0 Å². The summed E-state index contributed by atoms with van der Waals surface area (Å²) in [7, 11) is -5.12. The van der Waals surface area contributed by atoms with E-state index < -0.39 is 78.5 Å². The molecule has 8 atom stereocenters. The molecule has 372 valence electrons. The summed E-state index contributed by atoms with van der Waals surface area (Å²) < 4.78 is 47.6. The molecule has 0 saturated carbocycles. The lowest BCUT2D eigenvalue weighted by atomic mass is 9.99. The van der Waals surface area contributed by atoms with Gasteiger partial charge in [-0.25, -0.2) is 4.18 Å². The summed E-state index contributed by atoms with van der Waals surface area (Å²) in [4.78, 5) is 13.1. The molecular formula is C49H93NO12S. The topological polar surface area (TPSA) is 212 Å². The molecule has 1 saturated heterocycles. The first-order chi connectivity index (χ1) is 30.4. The second kappa shape index (κ2) is 39.7. The van der Waals surface area contributed by atoms with Gasteiger partial charge in [-0.1, -0.05) is 212 Å². The van der Waals surface area contributed by atoms with Crippen molar-refractivity contribution in [1.29, 1.82) is 0 Å². The van der Waals surface area contributed by atoms with Gasteiger partial charge in [-0.05, 0) is 32.1 Å². The van der Waals surface area contributed by atoms with Crippen molar-refractivity contribution in [3.63, 3.8) is 0 Å². The molecule has 8 unspecified atom stereocenters. The minimum atomic E-state index is -5.12. The molecular weight excluding hydrogens is 827 g/mol. The van der Waals surface area contributed by atoms with Crippen LogP contribution in [0.4, 0.5) is 0 Å². The fourth-order valence-corrected chi connectivity index (χ4v) is 8.57. The van der Waals surface area contributed by atoms with E-state index in [2.05, 4.69) is 35.5 Å². The van der Waals surface area contributed by atoms with E-state index >= 15 is 0 Å². The Hall–Kier alpha value is -1.46. The van der Waals surface area contributed by atoms with E-state index in [0.717, 1.165) is 38.5 Å². The number of unbranched alkanes of at least 4 members (excludes halogenated alkanes) is 28. The summed E-state index contributed by atoms with van der Waals surface area (Å²) in [6, 6.07) is -1.13. The predicted molar refractivity (Wildman–Crippen MR) is 251 cm³/mol. The third-order valence-electron chi connectivity index (χ3n) is 12.1. The van der Waals surface area contributed by atoms with Gasteiger partial charge in [0.05, 0.1) is 25.4 Å². The Kier molecular flexibility index (Phi) is 37.5. The monoisotopic (exact) mass is 920 g/mol. The summed E-state index contributed by atoms with van der Waals surface area (Å²) in [5.41, 5.74) is 0. The Morgan fingerprint density at radius 1 is 0.635 bits per heavy atom. The van der Waals surface area contributed by atoms with Crippen LogP contribution in [0.15, 0.2) is 24.3 Å². The van der Waals surface area contributed by atoms with Crippen LogP contribution < -0.4 is 5.32 Å². The van der Waals surface area contributed by atoms with E-state index in [9.17, 15) is 43.3 Å². The van der Waals surface area contributed by atoms with Crippen molar-refractivity contribution >= 4 is 16.3 Å². The Labute approximate surface area is 383 Å². The van der Waals surface area contributed by atoms with Gasteiger partial charge in [0.25, 0.3) is 0 Å². The number of ether oxygens (including phenoxy) is 2. The van der Waals surface area contributed by atoms with Crippen molar-refractivity contribution in [2.45, 2.75) is 268 Å². The normalized spacial score (nSPS) is 21.0. The second-order valence-corrected chi connectivity index (χ2v) is 18.9. The molecule has 1 amide bonds. The van der Waals surface area contributed by atoms with E-state index in [1.807, 2.05) is 0 Å². The first kappa shape index (κ1) is 59.6. The number of amides is 1. The van der Waals surface area contributed by atoms with E-state index in [1.54, 1.807) is 6.08 Å². The van der Waals surface area contributed by atoms with Crippen molar-refractivity contribution in [3.8, 4) is 0 Å². The minimum absolute atomic E-state index is 0.241. The molecule has 0 bridgehead atoms. The number of hydrogen-bond donors (Lipinski definition) is 7. The van der Waals surface area contributed by atoms with Crippen molar-refractivity contribution in [2.75, 3.05) is 13.2 Å². The molecule has 0 spiro atoms. The van der Waals surface area contributed by atoms with Gasteiger partial charge in [0, 0.05) is 0 Å². The number of hydrogen-bond acceptors (Lipinski definition) is 11. The van der Waals surface area contributed by atoms with Crippen molar-refractivity contribution < 1.29 is 57.0 Å². The maximum absolute atomic E-state index is 13.1. The fraction of sp³-hybridized carbons (Fsp3) is 0.898. The number of aliphatic hydroxyl groups excluding tert-OH is 5. The summed E-state index contributed by atoms with van der Waals surface area (Å²) in [6.45, 7) is 3.22. The van der Waals surface area contributed by atoms with Gasteiger partial charge in [-0.3, -0.25) is 9.35 Å². The lowest BCUT2D eigenvalue weighted by Gasteiger charge is -2.41. The van der Waals surface area contributed by atoms with Gasteiger partial charge in [0.2, 0.25) is 5.91 Å². The van der Waals surface area contributed by atoms with Gasteiger partial charge < -0.3 is 40.3 Å². The Balaban J connectivity index is 2.56. The number of allylic oxidation sites excluding steroid dienone is 3. The van der Waals surface area contributed by atoms with Gasteiger partial charge in [-0.15, -0.1) is 0 Å². The van der Waals surface area contributed by atoms with E-state index in [1.165, 1.54) is 154 Å². The molecule has 0 aromatic rings. The zero-order valence-corrected chi connectivity index (χ0v) is 40.3. The van der Waals surface area contributed by atoms with Gasteiger partial charge >= 0.3 is 10.4 Å². The van der Waals surface area contributed by atoms with Crippen LogP contribution in [-0.4, -0.2) is 107 Å². The van der Waals surface area contributed by atoms with Gasteiger partial charge in [-0.2, -0.15) is 8.42 Å². The maximum atomic E-state index is 13.1. The first-order valence-corrected chi connectivity index (χ1v) is 26.7. The maximum Gasteiger partial charge on any atom is 0.397 e. The van der Waals surface area contributed by atoms with Crippen LogP contribution in [0.3, 0.4) is 0 Å². The van der Waals surface area contributed by atoms with Crippen LogP contribution >= 0.6 is 0 Å². The molecule has 1 heterocycles. The minimum Gasteiger partial charge on any atom is -0.394 e. The molecule has 63 heavy (non-hydrogen) atoms. The molecule has 1 rings (SSSR count). The van der Waals surface area contributed by atoms with E-state index in [-0.39, 0.29) is 6.42 Å². The summed E-state index contributed by atoms with van der Waals surface area (Å²) in [5.74, 6) is -0.709. The smallest absolute Gasteiger partial charge is 0.394 e. The molecule has 0 aromatic heterocycles. The molecule has 7 N–H and O–H groups in total. The van der Waals surface area contributed by atoms with Crippen LogP contribution in [0.1, 0.15) is 219 Å². The highest BCUT2D eigenvalue weighted by atomic mass is 32.3. The zero-order valence-electron chi connectivity index (χ0n) is 39.5. The number of aliphatic hydroxyl groups is 5. The Morgan fingerprint density at radius 3 is 1.52 bits per heavy atom. The van der Waals surface area contributed by atoms with Crippen LogP contribution in [0.2, 0.25) is 0 Å². The molecule has 0 radical (unpaired) electrons. The SMILES string of the molecule is CCCCCCCCCCCCCC/C=C/CC/C=C/C(O)C(COC1OC(CO)C(O)C(OS(=O)(=O)O)C1O)NC(=O)C(O)CCCCCCCCCCCCCCCCCC. The molecule has 1 aliphatic rings. The second-order valence-electron chi connectivity index (χ2n) is 17.9. The lowest BCUT2D eigenvalue weighted by molar-refractivity contribution is -0.298. The van der Waals surface area contributed by atoms with Crippen LogP contribution in [-0.2, 0) is 28.9 Å². The summed E-state index contributed by atoms with van der Waals surface area (Å²) in [5, 5.41) is 55.3. The highest BCUT2D eigenvalue weighted by molar-refractivity contribution is 7.80. The largest absolute Gasteiger partial charge is 0.397 e. The molecule has 0 aliphatic carbocycles. The predicted octanol–water partition coefficient (Wildman–Crippen LogP) is 9.47. The van der Waals surface area contributed by atoms with Crippen molar-refractivity contribution in [1.82, 2.24) is 5.32 Å². The molecule has 14 heteroatoms. The van der Waals surface area contributed by atoms with E-state index in [0.29, 0.717) is 12.8 Å². The lowest BCUT2D eigenvalue weighted by Crippen LogP contribution is -2.61. The first-order valence-electron chi connectivity index (χ1n) is 25.3. The molecule has 0 aromatic carbocycles. The molecule has 1 fully saturated rings. The molecule has 13 nitrogen and oxygen atoms in total. The average molecular weight is 920 g/mol. The van der Waals surface area contributed by atoms with Crippen molar-refractivity contribution in [2.24, 2.45) is 0 Å².